The van der Waals surface area contributed by atoms with Crippen LogP contribution in [0.1, 0.15) is 10.4 Å². The fourth-order valence-corrected chi connectivity index (χ4v) is 2.69. The number of hydrogen-bond donors (Lipinski definition) is 2. The van der Waals surface area contributed by atoms with Gasteiger partial charge in [0, 0.05) is 0 Å². The first-order chi connectivity index (χ1) is 13.1. The van der Waals surface area contributed by atoms with Crippen molar-refractivity contribution in [2.24, 2.45) is 0 Å². The van der Waals surface area contributed by atoms with Gasteiger partial charge in [-0.1, -0.05) is 48.0 Å². The maximum absolute atomic E-state index is 12.4. The normalized spacial score (nSPS) is 10.3. The molecule has 0 aliphatic carbocycles. The molecule has 0 aromatic heterocycles. The molecule has 0 fully saturated rings. The minimum Gasteiger partial charge on any atom is -0.496 e. The third kappa shape index (κ3) is 4.48. The molecule has 138 valence electrons. The van der Waals surface area contributed by atoms with Gasteiger partial charge < -0.3 is 9.47 Å². The summed E-state index contributed by atoms with van der Waals surface area (Å²) in [4.78, 5) is 24.3. The quantitative estimate of drug-likeness (QED) is 0.661. The third-order valence-corrected chi connectivity index (χ3v) is 4.14. The summed E-state index contributed by atoms with van der Waals surface area (Å²) in [5.41, 5.74) is 4.97. The van der Waals surface area contributed by atoms with Gasteiger partial charge in [-0.25, -0.2) is 0 Å². The highest BCUT2D eigenvalue weighted by molar-refractivity contribution is 6.32. The van der Waals surface area contributed by atoms with E-state index in [9.17, 15) is 9.59 Å². The summed E-state index contributed by atoms with van der Waals surface area (Å²) in [5.74, 6) is -0.226. The highest BCUT2D eigenvalue weighted by Crippen LogP contribution is 2.26. The molecule has 0 spiro atoms. The Morgan fingerprint density at radius 1 is 0.926 bits per heavy atom. The van der Waals surface area contributed by atoms with Gasteiger partial charge in [-0.05, 0) is 35.0 Å². The first-order valence-corrected chi connectivity index (χ1v) is 8.49. The minimum absolute atomic E-state index is 0.293. The second-order valence-corrected chi connectivity index (χ2v) is 6.03. The van der Waals surface area contributed by atoms with Gasteiger partial charge in [-0.15, -0.1) is 0 Å². The Labute approximate surface area is 161 Å². The number of amides is 2. The first-order valence-electron chi connectivity index (χ1n) is 8.12. The molecule has 7 heteroatoms. The van der Waals surface area contributed by atoms with E-state index < -0.39 is 11.8 Å². The zero-order valence-corrected chi connectivity index (χ0v) is 15.2. The summed E-state index contributed by atoms with van der Waals surface area (Å²) in [6, 6.07) is 17.9. The molecular weight excluding hydrogens is 368 g/mol. The number of rotatable bonds is 5. The van der Waals surface area contributed by atoms with Gasteiger partial charge in [0.1, 0.15) is 11.5 Å². The Morgan fingerprint density at radius 2 is 1.59 bits per heavy atom. The van der Waals surface area contributed by atoms with Gasteiger partial charge in [0.15, 0.2) is 6.61 Å². The van der Waals surface area contributed by atoms with E-state index in [0.29, 0.717) is 22.1 Å². The summed E-state index contributed by atoms with van der Waals surface area (Å²) < 4.78 is 10.6. The predicted molar refractivity (Wildman–Crippen MR) is 103 cm³/mol. The van der Waals surface area contributed by atoms with Crippen LogP contribution in [0.3, 0.4) is 0 Å². The summed E-state index contributed by atoms with van der Waals surface area (Å²) in [7, 11) is 1.48. The van der Waals surface area contributed by atoms with Crippen LogP contribution in [0.2, 0.25) is 5.02 Å². The van der Waals surface area contributed by atoms with Crippen LogP contribution in [-0.2, 0) is 4.79 Å². The van der Waals surface area contributed by atoms with Crippen molar-refractivity contribution >= 4 is 34.2 Å². The van der Waals surface area contributed by atoms with Crippen molar-refractivity contribution in [3.8, 4) is 11.5 Å². The van der Waals surface area contributed by atoms with Gasteiger partial charge in [-0.3, -0.25) is 20.4 Å². The van der Waals surface area contributed by atoms with Crippen LogP contribution in [0.5, 0.6) is 11.5 Å². The first kappa shape index (κ1) is 18.5. The van der Waals surface area contributed by atoms with E-state index in [2.05, 4.69) is 10.9 Å². The van der Waals surface area contributed by atoms with E-state index in [1.54, 1.807) is 36.4 Å². The lowest BCUT2D eigenvalue weighted by atomic mass is 10.1. The number of carbonyl (C=O) groups excluding carboxylic acids is 2. The highest BCUT2D eigenvalue weighted by atomic mass is 35.5. The van der Waals surface area contributed by atoms with Crippen LogP contribution >= 0.6 is 11.6 Å². The standard InChI is InChI=1S/C20H17ClN2O4/c1-26-18-11-14-7-3-2-6-13(14)10-15(18)20(25)23-22-19(24)12-27-17-9-5-4-8-16(17)21/h2-11H,12H2,1H3,(H,22,24)(H,23,25). The van der Waals surface area contributed by atoms with Crippen LogP contribution in [-0.4, -0.2) is 25.5 Å². The number of fused-ring (bicyclic) bond motifs is 1. The van der Waals surface area contributed by atoms with Crippen molar-refractivity contribution in [2.75, 3.05) is 13.7 Å². The maximum atomic E-state index is 12.4. The summed E-state index contributed by atoms with van der Waals surface area (Å²) >= 11 is 5.96. The number of nitrogens with one attached hydrogen (secondary N) is 2. The largest absolute Gasteiger partial charge is 0.496 e. The molecule has 27 heavy (non-hydrogen) atoms. The van der Waals surface area contributed by atoms with Crippen LogP contribution in [0, 0.1) is 0 Å². The van der Waals surface area contributed by atoms with Crippen LogP contribution < -0.4 is 20.3 Å². The molecule has 3 aromatic rings. The topological polar surface area (TPSA) is 76.7 Å². The van der Waals surface area contributed by atoms with E-state index in [1.807, 2.05) is 24.3 Å². The molecule has 2 N–H and O–H groups in total. The van der Waals surface area contributed by atoms with Gasteiger partial charge in [0.2, 0.25) is 0 Å². The molecule has 0 saturated carbocycles. The van der Waals surface area contributed by atoms with E-state index in [-0.39, 0.29) is 6.61 Å². The lowest BCUT2D eigenvalue weighted by Gasteiger charge is -2.12. The highest BCUT2D eigenvalue weighted by Gasteiger charge is 2.15. The molecule has 0 heterocycles. The monoisotopic (exact) mass is 384 g/mol. The van der Waals surface area contributed by atoms with Crippen molar-refractivity contribution in [1.82, 2.24) is 10.9 Å². The maximum Gasteiger partial charge on any atom is 0.276 e. The Kier molecular flexibility index (Phi) is 5.78. The van der Waals surface area contributed by atoms with E-state index in [4.69, 9.17) is 21.1 Å². The molecule has 3 rings (SSSR count). The van der Waals surface area contributed by atoms with Crippen molar-refractivity contribution < 1.29 is 19.1 Å². The second-order valence-electron chi connectivity index (χ2n) is 5.62. The van der Waals surface area contributed by atoms with Gasteiger partial charge >= 0.3 is 0 Å². The molecule has 0 aliphatic rings. The average molecular weight is 385 g/mol. The molecule has 0 aliphatic heterocycles. The van der Waals surface area contributed by atoms with Crippen LogP contribution in [0.25, 0.3) is 10.8 Å². The Balaban J connectivity index is 1.62. The van der Waals surface area contributed by atoms with E-state index in [0.717, 1.165) is 10.8 Å². The number of hydrogen-bond acceptors (Lipinski definition) is 4. The van der Waals surface area contributed by atoms with Crippen molar-refractivity contribution in [3.05, 3.63) is 71.2 Å². The fourth-order valence-electron chi connectivity index (χ4n) is 2.50. The summed E-state index contributed by atoms with van der Waals surface area (Å²) in [6.45, 7) is -0.293. The summed E-state index contributed by atoms with van der Waals surface area (Å²) in [6.07, 6.45) is 0. The predicted octanol–water partition coefficient (Wildman–Crippen LogP) is 3.34. The molecule has 2 amide bonds. The number of para-hydroxylation sites is 1. The van der Waals surface area contributed by atoms with Crippen LogP contribution in [0.15, 0.2) is 60.7 Å². The van der Waals surface area contributed by atoms with Crippen molar-refractivity contribution in [2.45, 2.75) is 0 Å². The molecule has 0 unspecified atom stereocenters. The van der Waals surface area contributed by atoms with E-state index >= 15 is 0 Å². The Bertz CT molecular complexity index is 991. The smallest absolute Gasteiger partial charge is 0.276 e. The molecule has 0 atom stereocenters. The second kappa shape index (κ2) is 8.42. The fraction of sp³-hybridized carbons (Fsp3) is 0.100. The number of ether oxygens (including phenoxy) is 2. The number of halogens is 1. The number of hydrazine groups is 1. The molecule has 6 nitrogen and oxygen atoms in total. The number of benzene rings is 3. The molecule has 0 bridgehead atoms. The average Bonchev–Trinajstić information content (AvgIpc) is 2.70. The lowest BCUT2D eigenvalue weighted by Crippen LogP contribution is -2.43. The van der Waals surface area contributed by atoms with Crippen LogP contribution in [0.4, 0.5) is 0 Å². The van der Waals surface area contributed by atoms with Gasteiger partial charge in [0.25, 0.3) is 11.8 Å². The molecular formula is C20H17ClN2O4. The van der Waals surface area contributed by atoms with Crippen molar-refractivity contribution in [1.29, 1.82) is 0 Å². The lowest BCUT2D eigenvalue weighted by molar-refractivity contribution is -0.123. The van der Waals surface area contributed by atoms with Gasteiger partial charge in [0.05, 0.1) is 17.7 Å². The molecule has 0 saturated heterocycles. The zero-order valence-electron chi connectivity index (χ0n) is 14.5. The minimum atomic E-state index is -0.525. The Morgan fingerprint density at radius 3 is 2.30 bits per heavy atom. The SMILES string of the molecule is COc1cc2ccccc2cc1C(=O)NNC(=O)COc1ccccc1Cl. The third-order valence-electron chi connectivity index (χ3n) is 3.82. The summed E-state index contributed by atoms with van der Waals surface area (Å²) in [5, 5.41) is 2.23. The van der Waals surface area contributed by atoms with Crippen molar-refractivity contribution in [3.63, 3.8) is 0 Å². The molecule has 3 aromatic carbocycles. The number of methoxy groups -OCH3 is 1. The Hall–Kier alpha value is -3.25. The number of carbonyl (C=O) groups is 2. The zero-order chi connectivity index (χ0) is 19.2. The van der Waals surface area contributed by atoms with E-state index in [1.165, 1.54) is 7.11 Å². The molecule has 0 radical (unpaired) electrons. The van der Waals surface area contributed by atoms with Gasteiger partial charge in [-0.2, -0.15) is 0 Å².